The fourth-order valence-electron chi connectivity index (χ4n) is 1.57. The van der Waals surface area contributed by atoms with Crippen molar-refractivity contribution in [3.63, 3.8) is 0 Å². The molecular formula is C9H12BrN3O2. The van der Waals surface area contributed by atoms with Gasteiger partial charge in [-0.05, 0) is 0 Å². The molecule has 0 spiro atoms. The zero-order valence-electron chi connectivity index (χ0n) is 8.15. The molecule has 1 atom stereocenters. The summed E-state index contributed by atoms with van der Waals surface area (Å²) >= 11 is 3.37. The highest BCUT2D eigenvalue weighted by Crippen LogP contribution is 2.11. The Morgan fingerprint density at radius 2 is 2.60 bits per heavy atom. The van der Waals surface area contributed by atoms with E-state index in [0.29, 0.717) is 25.5 Å². The van der Waals surface area contributed by atoms with E-state index in [4.69, 9.17) is 4.74 Å². The summed E-state index contributed by atoms with van der Waals surface area (Å²) in [5, 5.41) is 0.772. The van der Waals surface area contributed by atoms with Crippen LogP contribution in [0.25, 0.3) is 0 Å². The van der Waals surface area contributed by atoms with Crippen molar-refractivity contribution in [2.45, 2.75) is 6.10 Å². The van der Waals surface area contributed by atoms with Gasteiger partial charge in [-0.2, -0.15) is 0 Å². The quantitative estimate of drug-likeness (QED) is 0.792. The Hall–Kier alpha value is -0.880. The number of halogens is 1. The predicted octanol–water partition coefficient (Wildman–Crippen LogP) is 0.370. The Morgan fingerprint density at radius 1 is 1.73 bits per heavy atom. The molecule has 1 unspecified atom stereocenters. The van der Waals surface area contributed by atoms with Gasteiger partial charge < -0.3 is 14.6 Å². The Balaban J connectivity index is 2.17. The first kappa shape index (κ1) is 10.6. The van der Waals surface area contributed by atoms with Gasteiger partial charge in [-0.25, -0.2) is 4.98 Å². The Bertz CT molecular complexity index is 382. The van der Waals surface area contributed by atoms with Gasteiger partial charge in [-0.3, -0.25) is 4.79 Å². The number of aromatic nitrogens is 2. The average molecular weight is 274 g/mol. The maximum absolute atomic E-state index is 11.5. The zero-order chi connectivity index (χ0) is 10.7. The van der Waals surface area contributed by atoms with Crippen molar-refractivity contribution in [3.8, 4) is 0 Å². The molecule has 1 aromatic rings. The maximum atomic E-state index is 11.5. The van der Waals surface area contributed by atoms with E-state index in [9.17, 15) is 4.79 Å². The van der Waals surface area contributed by atoms with E-state index in [0.717, 1.165) is 5.33 Å². The van der Waals surface area contributed by atoms with Crippen LogP contribution >= 0.6 is 15.9 Å². The summed E-state index contributed by atoms with van der Waals surface area (Å²) in [4.78, 5) is 20.2. The van der Waals surface area contributed by atoms with Gasteiger partial charge in [0, 0.05) is 30.8 Å². The molecule has 0 bridgehead atoms. The Labute approximate surface area is 95.6 Å². The first-order valence-electron chi connectivity index (χ1n) is 4.77. The minimum atomic E-state index is -0.146. The average Bonchev–Trinajstić information content (AvgIpc) is 2.30. The third-order valence-electron chi connectivity index (χ3n) is 2.30. The SMILES string of the molecule is O=c1[nH]ccnc1N1CCOC(CBr)C1. The first-order valence-corrected chi connectivity index (χ1v) is 5.89. The van der Waals surface area contributed by atoms with Gasteiger partial charge in [-0.15, -0.1) is 0 Å². The van der Waals surface area contributed by atoms with E-state index >= 15 is 0 Å². The molecule has 0 amide bonds. The fraction of sp³-hybridized carbons (Fsp3) is 0.556. The number of nitrogens with one attached hydrogen (secondary N) is 1. The van der Waals surface area contributed by atoms with Gasteiger partial charge in [0.25, 0.3) is 5.56 Å². The molecule has 1 aliphatic rings. The number of hydrogen-bond acceptors (Lipinski definition) is 4. The van der Waals surface area contributed by atoms with E-state index in [1.54, 1.807) is 6.20 Å². The highest BCUT2D eigenvalue weighted by atomic mass is 79.9. The van der Waals surface area contributed by atoms with Crippen LogP contribution in [-0.4, -0.2) is 41.1 Å². The second-order valence-corrected chi connectivity index (χ2v) is 3.98. The van der Waals surface area contributed by atoms with Crippen LogP contribution in [0.1, 0.15) is 0 Å². The zero-order valence-corrected chi connectivity index (χ0v) is 9.74. The van der Waals surface area contributed by atoms with E-state index in [1.165, 1.54) is 6.20 Å². The van der Waals surface area contributed by atoms with Crippen molar-refractivity contribution in [1.82, 2.24) is 9.97 Å². The summed E-state index contributed by atoms with van der Waals surface area (Å²) in [7, 11) is 0. The lowest BCUT2D eigenvalue weighted by molar-refractivity contribution is 0.0567. The van der Waals surface area contributed by atoms with Crippen molar-refractivity contribution in [3.05, 3.63) is 22.7 Å². The number of rotatable bonds is 2. The van der Waals surface area contributed by atoms with Crippen LogP contribution in [0.5, 0.6) is 0 Å². The molecule has 1 aliphatic heterocycles. The lowest BCUT2D eigenvalue weighted by Gasteiger charge is -2.32. The van der Waals surface area contributed by atoms with Crippen molar-refractivity contribution in [2.24, 2.45) is 0 Å². The number of ether oxygens (including phenoxy) is 1. The molecule has 5 nitrogen and oxygen atoms in total. The normalized spacial score (nSPS) is 21.7. The largest absolute Gasteiger partial charge is 0.374 e. The number of hydrogen-bond donors (Lipinski definition) is 1. The third kappa shape index (κ3) is 2.38. The maximum Gasteiger partial charge on any atom is 0.290 e. The molecule has 0 aromatic carbocycles. The molecule has 0 saturated carbocycles. The molecule has 15 heavy (non-hydrogen) atoms. The van der Waals surface area contributed by atoms with Crippen LogP contribution in [0.4, 0.5) is 5.82 Å². The summed E-state index contributed by atoms with van der Waals surface area (Å²) < 4.78 is 5.49. The lowest BCUT2D eigenvalue weighted by atomic mass is 10.3. The number of alkyl halides is 1. The van der Waals surface area contributed by atoms with Crippen molar-refractivity contribution in [1.29, 1.82) is 0 Å². The Morgan fingerprint density at radius 3 is 3.33 bits per heavy atom. The number of anilines is 1. The van der Waals surface area contributed by atoms with Crippen LogP contribution in [0, 0.1) is 0 Å². The highest BCUT2D eigenvalue weighted by molar-refractivity contribution is 9.09. The molecule has 1 saturated heterocycles. The molecule has 1 aromatic heterocycles. The smallest absolute Gasteiger partial charge is 0.290 e. The van der Waals surface area contributed by atoms with E-state index in [1.807, 2.05) is 4.90 Å². The Kier molecular flexibility index (Phi) is 3.37. The van der Waals surface area contributed by atoms with Crippen molar-refractivity contribution >= 4 is 21.7 Å². The van der Waals surface area contributed by atoms with Crippen LogP contribution in [0.15, 0.2) is 17.2 Å². The van der Waals surface area contributed by atoms with Crippen molar-refractivity contribution < 1.29 is 4.74 Å². The molecule has 2 rings (SSSR count). The number of nitrogens with zero attached hydrogens (tertiary/aromatic N) is 2. The van der Waals surface area contributed by atoms with Crippen LogP contribution in [0.3, 0.4) is 0 Å². The summed E-state index contributed by atoms with van der Waals surface area (Å²) in [6, 6.07) is 0. The highest BCUT2D eigenvalue weighted by Gasteiger charge is 2.21. The fourth-order valence-corrected chi connectivity index (χ4v) is 1.97. The molecule has 1 N–H and O–H groups in total. The van der Waals surface area contributed by atoms with Gasteiger partial charge in [0.2, 0.25) is 0 Å². The third-order valence-corrected chi connectivity index (χ3v) is 3.02. The summed E-state index contributed by atoms with van der Waals surface area (Å²) in [6.45, 7) is 2.04. The monoisotopic (exact) mass is 273 g/mol. The van der Waals surface area contributed by atoms with Crippen molar-refractivity contribution in [2.75, 3.05) is 29.9 Å². The number of morpholine rings is 1. The molecule has 2 heterocycles. The molecule has 0 radical (unpaired) electrons. The van der Waals surface area contributed by atoms with E-state index < -0.39 is 0 Å². The molecular weight excluding hydrogens is 262 g/mol. The molecule has 0 aliphatic carbocycles. The summed E-state index contributed by atoms with van der Waals surface area (Å²) in [6.07, 6.45) is 3.25. The predicted molar refractivity (Wildman–Crippen MR) is 60.6 cm³/mol. The molecule has 6 heteroatoms. The van der Waals surface area contributed by atoms with E-state index in [-0.39, 0.29) is 11.7 Å². The number of aromatic amines is 1. The van der Waals surface area contributed by atoms with Gasteiger partial charge >= 0.3 is 0 Å². The van der Waals surface area contributed by atoms with Gasteiger partial charge in [0.05, 0.1) is 12.7 Å². The standard InChI is InChI=1S/C9H12BrN3O2/c10-5-7-6-13(3-4-15-7)8-9(14)12-2-1-11-8/h1-2,7H,3-6H2,(H,12,14). The molecule has 82 valence electrons. The van der Waals surface area contributed by atoms with Crippen LogP contribution in [0.2, 0.25) is 0 Å². The van der Waals surface area contributed by atoms with E-state index in [2.05, 4.69) is 25.9 Å². The van der Waals surface area contributed by atoms with Crippen LogP contribution in [-0.2, 0) is 4.74 Å². The minimum Gasteiger partial charge on any atom is -0.374 e. The summed E-state index contributed by atoms with van der Waals surface area (Å²) in [5.41, 5.74) is -0.146. The van der Waals surface area contributed by atoms with Gasteiger partial charge in [-0.1, -0.05) is 15.9 Å². The number of H-pyrrole nitrogens is 1. The molecule has 1 fully saturated rings. The van der Waals surface area contributed by atoms with Gasteiger partial charge in [0.1, 0.15) is 0 Å². The topological polar surface area (TPSA) is 58.2 Å². The second-order valence-electron chi connectivity index (χ2n) is 3.34. The van der Waals surface area contributed by atoms with Crippen LogP contribution < -0.4 is 10.5 Å². The second kappa shape index (κ2) is 4.76. The first-order chi connectivity index (χ1) is 7.31. The minimum absolute atomic E-state index is 0.125. The lowest BCUT2D eigenvalue weighted by Crippen LogP contribution is -2.45. The summed E-state index contributed by atoms with van der Waals surface area (Å²) in [5.74, 6) is 0.478. The van der Waals surface area contributed by atoms with Gasteiger partial charge in [0.15, 0.2) is 5.82 Å².